The third-order valence-electron chi connectivity index (χ3n) is 2.44. The van der Waals surface area contributed by atoms with Crippen LogP contribution in [0.15, 0.2) is 6.33 Å². The number of nitrogen functional groups attached to an aromatic ring is 1. The molecule has 6 heteroatoms. The molecule has 1 heterocycles. The molecule has 1 atom stereocenters. The average Bonchev–Trinajstić information content (AvgIpc) is 2.29. The van der Waals surface area contributed by atoms with Crippen LogP contribution in [0, 0.1) is 5.92 Å². The number of ether oxygens (including phenoxy) is 1. The SMILES string of the molecule is CC(C)CC(O)CNc1ncnc(OC(C)C)c1N. The molecule has 0 spiro atoms. The van der Waals surface area contributed by atoms with E-state index in [1.807, 2.05) is 13.8 Å². The third-order valence-corrected chi connectivity index (χ3v) is 2.44. The number of aromatic nitrogens is 2. The second-order valence-electron chi connectivity index (χ2n) is 5.27. The van der Waals surface area contributed by atoms with Crippen molar-refractivity contribution in [2.45, 2.75) is 46.3 Å². The summed E-state index contributed by atoms with van der Waals surface area (Å²) in [4.78, 5) is 8.05. The lowest BCUT2D eigenvalue weighted by Crippen LogP contribution is -2.22. The predicted octanol–water partition coefficient (Wildman–Crippen LogP) is 1.66. The summed E-state index contributed by atoms with van der Waals surface area (Å²) >= 11 is 0. The van der Waals surface area contributed by atoms with E-state index < -0.39 is 6.10 Å². The van der Waals surface area contributed by atoms with Crippen molar-refractivity contribution in [3.05, 3.63) is 6.33 Å². The molecule has 0 aliphatic carbocycles. The van der Waals surface area contributed by atoms with Crippen LogP contribution in [0.2, 0.25) is 0 Å². The maximum Gasteiger partial charge on any atom is 0.242 e. The standard InChI is InChI=1S/C13H24N4O2/c1-8(2)5-10(18)6-15-12-11(14)13(17-7-16-12)19-9(3)4/h7-10,18H,5-6,14H2,1-4H3,(H,15,16,17). The van der Waals surface area contributed by atoms with Crippen LogP contribution in [0.1, 0.15) is 34.1 Å². The van der Waals surface area contributed by atoms with Crippen LogP contribution in [0.5, 0.6) is 5.88 Å². The summed E-state index contributed by atoms with van der Waals surface area (Å²) in [5, 5.41) is 12.8. The van der Waals surface area contributed by atoms with Gasteiger partial charge in [0, 0.05) is 6.54 Å². The Kier molecular flexibility index (Phi) is 5.82. The van der Waals surface area contributed by atoms with Crippen LogP contribution in [0.3, 0.4) is 0 Å². The van der Waals surface area contributed by atoms with E-state index in [2.05, 4.69) is 29.1 Å². The van der Waals surface area contributed by atoms with Gasteiger partial charge in [-0.25, -0.2) is 4.98 Å². The smallest absolute Gasteiger partial charge is 0.242 e. The van der Waals surface area contributed by atoms with Gasteiger partial charge in [-0.1, -0.05) is 13.8 Å². The number of hydrogen-bond acceptors (Lipinski definition) is 6. The van der Waals surface area contributed by atoms with Crippen molar-refractivity contribution in [1.82, 2.24) is 9.97 Å². The van der Waals surface area contributed by atoms with Crippen molar-refractivity contribution in [3.63, 3.8) is 0 Å². The molecule has 0 radical (unpaired) electrons. The Hall–Kier alpha value is -1.56. The van der Waals surface area contributed by atoms with Crippen molar-refractivity contribution in [1.29, 1.82) is 0 Å². The summed E-state index contributed by atoms with van der Waals surface area (Å²) in [7, 11) is 0. The maximum atomic E-state index is 9.81. The van der Waals surface area contributed by atoms with Crippen LogP contribution < -0.4 is 15.8 Å². The summed E-state index contributed by atoms with van der Waals surface area (Å²) in [5.41, 5.74) is 6.29. The highest BCUT2D eigenvalue weighted by molar-refractivity contribution is 5.66. The van der Waals surface area contributed by atoms with Gasteiger partial charge in [-0.3, -0.25) is 0 Å². The van der Waals surface area contributed by atoms with Gasteiger partial charge < -0.3 is 20.9 Å². The molecule has 1 rings (SSSR count). The van der Waals surface area contributed by atoms with Crippen LogP contribution in [0.4, 0.5) is 11.5 Å². The Bertz CT molecular complexity index is 396. The topological polar surface area (TPSA) is 93.3 Å². The van der Waals surface area contributed by atoms with Gasteiger partial charge in [0.1, 0.15) is 12.0 Å². The van der Waals surface area contributed by atoms with Crippen molar-refractivity contribution in [2.24, 2.45) is 5.92 Å². The highest BCUT2D eigenvalue weighted by atomic mass is 16.5. The van der Waals surface area contributed by atoms with E-state index in [4.69, 9.17) is 10.5 Å². The number of aliphatic hydroxyl groups is 1. The molecule has 0 bridgehead atoms. The Labute approximate surface area is 114 Å². The molecule has 0 aromatic carbocycles. The van der Waals surface area contributed by atoms with Crippen LogP contribution in [0.25, 0.3) is 0 Å². The summed E-state index contributed by atoms with van der Waals surface area (Å²) in [5.74, 6) is 1.30. The zero-order valence-electron chi connectivity index (χ0n) is 12.1. The number of hydrogen-bond donors (Lipinski definition) is 3. The van der Waals surface area contributed by atoms with E-state index >= 15 is 0 Å². The first-order chi connectivity index (χ1) is 8.90. The minimum absolute atomic E-state index is 0.00317. The van der Waals surface area contributed by atoms with E-state index in [9.17, 15) is 5.11 Å². The summed E-state index contributed by atoms with van der Waals surface area (Å²) in [6.45, 7) is 8.34. The Morgan fingerprint density at radius 3 is 2.58 bits per heavy atom. The second kappa shape index (κ2) is 7.13. The van der Waals surface area contributed by atoms with Gasteiger partial charge in [0.05, 0.1) is 12.2 Å². The molecular formula is C13H24N4O2. The quantitative estimate of drug-likeness (QED) is 0.696. The zero-order valence-corrected chi connectivity index (χ0v) is 12.1. The molecule has 0 fully saturated rings. The van der Waals surface area contributed by atoms with Gasteiger partial charge in [0.2, 0.25) is 5.88 Å². The fourth-order valence-electron chi connectivity index (χ4n) is 1.68. The first-order valence-corrected chi connectivity index (χ1v) is 6.59. The van der Waals surface area contributed by atoms with E-state index in [-0.39, 0.29) is 6.10 Å². The number of rotatable bonds is 7. The monoisotopic (exact) mass is 268 g/mol. The van der Waals surface area contributed by atoms with Crippen molar-refractivity contribution >= 4 is 11.5 Å². The molecule has 0 amide bonds. The van der Waals surface area contributed by atoms with Crippen molar-refractivity contribution in [2.75, 3.05) is 17.6 Å². The summed E-state index contributed by atoms with van der Waals surface area (Å²) in [6, 6.07) is 0. The number of anilines is 2. The number of aliphatic hydroxyl groups excluding tert-OH is 1. The lowest BCUT2D eigenvalue weighted by atomic mass is 10.1. The Morgan fingerprint density at radius 2 is 2.00 bits per heavy atom. The van der Waals surface area contributed by atoms with Crippen LogP contribution >= 0.6 is 0 Å². The second-order valence-corrected chi connectivity index (χ2v) is 5.27. The largest absolute Gasteiger partial charge is 0.473 e. The van der Waals surface area contributed by atoms with E-state index in [0.29, 0.717) is 29.8 Å². The van der Waals surface area contributed by atoms with Crippen LogP contribution in [-0.2, 0) is 0 Å². The summed E-state index contributed by atoms with van der Waals surface area (Å²) in [6.07, 6.45) is 1.69. The number of nitrogens with two attached hydrogens (primary N) is 1. The summed E-state index contributed by atoms with van der Waals surface area (Å²) < 4.78 is 5.48. The molecule has 1 aromatic rings. The van der Waals surface area contributed by atoms with Gasteiger partial charge in [-0.15, -0.1) is 0 Å². The fraction of sp³-hybridized carbons (Fsp3) is 0.692. The molecule has 1 aromatic heterocycles. The lowest BCUT2D eigenvalue weighted by Gasteiger charge is -2.16. The lowest BCUT2D eigenvalue weighted by molar-refractivity contribution is 0.161. The molecule has 0 aliphatic heterocycles. The molecule has 108 valence electrons. The normalized spacial score (nSPS) is 12.8. The van der Waals surface area contributed by atoms with Gasteiger partial charge >= 0.3 is 0 Å². The maximum absolute atomic E-state index is 9.81. The minimum atomic E-state index is -0.427. The van der Waals surface area contributed by atoms with Gasteiger partial charge in [0.15, 0.2) is 5.82 Å². The predicted molar refractivity (Wildman–Crippen MR) is 76.2 cm³/mol. The van der Waals surface area contributed by atoms with Crippen molar-refractivity contribution in [3.8, 4) is 5.88 Å². The number of nitrogens with zero attached hydrogens (tertiary/aromatic N) is 2. The molecule has 6 nitrogen and oxygen atoms in total. The van der Waals surface area contributed by atoms with E-state index in [1.165, 1.54) is 6.33 Å². The molecule has 0 saturated carbocycles. The van der Waals surface area contributed by atoms with Crippen LogP contribution in [-0.4, -0.2) is 33.8 Å². The fourth-order valence-corrected chi connectivity index (χ4v) is 1.68. The van der Waals surface area contributed by atoms with Crippen molar-refractivity contribution < 1.29 is 9.84 Å². The third kappa shape index (κ3) is 5.30. The van der Waals surface area contributed by atoms with E-state index in [0.717, 1.165) is 6.42 Å². The molecule has 19 heavy (non-hydrogen) atoms. The van der Waals surface area contributed by atoms with E-state index in [1.54, 1.807) is 0 Å². The van der Waals surface area contributed by atoms with Gasteiger partial charge in [-0.05, 0) is 26.2 Å². The highest BCUT2D eigenvalue weighted by Gasteiger charge is 2.12. The highest BCUT2D eigenvalue weighted by Crippen LogP contribution is 2.25. The molecular weight excluding hydrogens is 244 g/mol. The first kappa shape index (κ1) is 15.5. The van der Waals surface area contributed by atoms with Gasteiger partial charge in [-0.2, -0.15) is 4.98 Å². The molecule has 1 unspecified atom stereocenters. The molecule has 0 saturated heterocycles. The molecule has 0 aliphatic rings. The minimum Gasteiger partial charge on any atom is -0.473 e. The molecule has 4 N–H and O–H groups in total. The van der Waals surface area contributed by atoms with Gasteiger partial charge in [0.25, 0.3) is 0 Å². The number of nitrogens with one attached hydrogen (secondary N) is 1. The first-order valence-electron chi connectivity index (χ1n) is 6.59. The Balaban J connectivity index is 2.63. The Morgan fingerprint density at radius 1 is 1.32 bits per heavy atom. The zero-order chi connectivity index (χ0) is 14.4. The average molecular weight is 268 g/mol.